The molecule has 4 heteroatoms. The van der Waals surface area contributed by atoms with Crippen molar-refractivity contribution in [3.8, 4) is 0 Å². The molecule has 1 N–H and O–H groups in total. The highest BCUT2D eigenvalue weighted by molar-refractivity contribution is 5.68. The zero-order valence-corrected chi connectivity index (χ0v) is 10.5. The standard InChI is InChI=1S/C12H21NO3/c1-9(14)10-5-7-13(8-6-10)11(15)16-12(2,3)4/h5,9,14H,6-8H2,1-4H3. The fraction of sp³-hybridized carbons (Fsp3) is 0.750. The van der Waals surface area contributed by atoms with Gasteiger partial charge in [0, 0.05) is 13.1 Å². The second-order valence-electron chi connectivity index (χ2n) is 5.13. The highest BCUT2D eigenvalue weighted by Gasteiger charge is 2.24. The van der Waals surface area contributed by atoms with Gasteiger partial charge in [-0.3, -0.25) is 0 Å². The molecule has 0 aromatic carbocycles. The maximum Gasteiger partial charge on any atom is 0.410 e. The van der Waals surface area contributed by atoms with Crippen LogP contribution >= 0.6 is 0 Å². The maximum absolute atomic E-state index is 11.7. The smallest absolute Gasteiger partial charge is 0.410 e. The van der Waals surface area contributed by atoms with E-state index in [9.17, 15) is 9.90 Å². The van der Waals surface area contributed by atoms with Gasteiger partial charge in [-0.15, -0.1) is 0 Å². The van der Waals surface area contributed by atoms with E-state index >= 15 is 0 Å². The van der Waals surface area contributed by atoms with Gasteiger partial charge in [-0.25, -0.2) is 4.79 Å². The first-order valence-corrected chi connectivity index (χ1v) is 5.64. The predicted molar refractivity (Wildman–Crippen MR) is 62.2 cm³/mol. The Morgan fingerprint density at radius 2 is 2.19 bits per heavy atom. The molecular formula is C12H21NO3. The summed E-state index contributed by atoms with van der Waals surface area (Å²) < 4.78 is 5.27. The number of nitrogens with zero attached hydrogens (tertiary/aromatic N) is 1. The van der Waals surface area contributed by atoms with E-state index in [2.05, 4.69) is 0 Å². The number of rotatable bonds is 1. The topological polar surface area (TPSA) is 49.8 Å². The molecule has 1 amide bonds. The minimum absolute atomic E-state index is 0.284. The SMILES string of the molecule is CC(O)C1=CCN(C(=O)OC(C)(C)C)CC1. The number of ether oxygens (including phenoxy) is 1. The summed E-state index contributed by atoms with van der Waals surface area (Å²) >= 11 is 0. The van der Waals surface area contributed by atoms with Crippen molar-refractivity contribution >= 4 is 6.09 Å². The lowest BCUT2D eigenvalue weighted by Gasteiger charge is -2.30. The first kappa shape index (κ1) is 13.0. The van der Waals surface area contributed by atoms with Gasteiger partial charge in [0.25, 0.3) is 0 Å². The Balaban J connectivity index is 2.51. The highest BCUT2D eigenvalue weighted by Crippen LogP contribution is 2.17. The van der Waals surface area contributed by atoms with Gasteiger partial charge < -0.3 is 14.7 Å². The van der Waals surface area contributed by atoms with Crippen LogP contribution in [-0.4, -0.2) is 40.9 Å². The molecule has 0 radical (unpaired) electrons. The number of hydrogen-bond acceptors (Lipinski definition) is 3. The molecule has 4 nitrogen and oxygen atoms in total. The largest absolute Gasteiger partial charge is 0.444 e. The third-order valence-corrected chi connectivity index (χ3v) is 2.43. The molecule has 1 aliphatic rings. The van der Waals surface area contributed by atoms with Gasteiger partial charge in [0.05, 0.1) is 6.10 Å². The first-order valence-electron chi connectivity index (χ1n) is 5.64. The Morgan fingerprint density at radius 1 is 1.56 bits per heavy atom. The molecule has 0 fully saturated rings. The van der Waals surface area contributed by atoms with Crippen LogP contribution in [0.15, 0.2) is 11.6 Å². The highest BCUT2D eigenvalue weighted by atomic mass is 16.6. The van der Waals surface area contributed by atoms with Crippen molar-refractivity contribution in [1.82, 2.24) is 4.90 Å². The van der Waals surface area contributed by atoms with Crippen LogP contribution in [0.1, 0.15) is 34.1 Å². The minimum Gasteiger partial charge on any atom is -0.444 e. The van der Waals surface area contributed by atoms with E-state index in [4.69, 9.17) is 4.74 Å². The molecule has 0 aliphatic carbocycles. The lowest BCUT2D eigenvalue weighted by Crippen LogP contribution is -2.39. The van der Waals surface area contributed by atoms with Crippen LogP contribution in [0.4, 0.5) is 4.79 Å². The number of amides is 1. The first-order chi connectivity index (χ1) is 7.29. The molecule has 1 atom stereocenters. The molecule has 16 heavy (non-hydrogen) atoms. The summed E-state index contributed by atoms with van der Waals surface area (Å²) in [5, 5.41) is 9.39. The summed E-state index contributed by atoms with van der Waals surface area (Å²) in [7, 11) is 0. The lowest BCUT2D eigenvalue weighted by molar-refractivity contribution is 0.0260. The molecule has 0 saturated carbocycles. The second kappa shape index (κ2) is 4.87. The van der Waals surface area contributed by atoms with Gasteiger partial charge >= 0.3 is 6.09 Å². The van der Waals surface area contributed by atoms with Gasteiger partial charge in [0.2, 0.25) is 0 Å². The third kappa shape index (κ3) is 3.85. The molecule has 1 unspecified atom stereocenters. The van der Waals surface area contributed by atoms with Gasteiger partial charge in [-0.1, -0.05) is 6.08 Å². The van der Waals surface area contributed by atoms with E-state index in [0.717, 1.165) is 12.0 Å². The summed E-state index contributed by atoms with van der Waals surface area (Å²) in [5.41, 5.74) is 0.547. The van der Waals surface area contributed by atoms with Crippen molar-refractivity contribution in [1.29, 1.82) is 0 Å². The van der Waals surface area contributed by atoms with Crippen LogP contribution < -0.4 is 0 Å². The van der Waals surface area contributed by atoms with Crippen molar-refractivity contribution < 1.29 is 14.6 Å². The Bertz CT molecular complexity index is 289. The van der Waals surface area contributed by atoms with Gasteiger partial charge in [0.1, 0.15) is 5.60 Å². The number of carbonyl (C=O) groups excluding carboxylic acids is 1. The van der Waals surface area contributed by atoms with E-state index < -0.39 is 11.7 Å². The molecule has 1 aliphatic heterocycles. The summed E-state index contributed by atoms with van der Waals surface area (Å²) in [6, 6.07) is 0. The van der Waals surface area contributed by atoms with Crippen LogP contribution in [0.25, 0.3) is 0 Å². The Labute approximate surface area is 96.9 Å². The Morgan fingerprint density at radius 3 is 2.56 bits per heavy atom. The van der Waals surface area contributed by atoms with Crippen LogP contribution in [-0.2, 0) is 4.74 Å². The number of hydrogen-bond donors (Lipinski definition) is 1. The molecule has 1 rings (SSSR count). The molecule has 0 bridgehead atoms. The van der Waals surface area contributed by atoms with Crippen LogP contribution in [0.2, 0.25) is 0 Å². The average Bonchev–Trinajstić information content (AvgIpc) is 2.15. The van der Waals surface area contributed by atoms with E-state index in [-0.39, 0.29) is 6.09 Å². The molecule has 92 valence electrons. The summed E-state index contributed by atoms with van der Waals surface area (Å²) in [6.07, 6.45) is 1.92. The minimum atomic E-state index is -0.453. The number of carbonyl (C=O) groups is 1. The summed E-state index contributed by atoms with van der Waals surface area (Å²) in [5.74, 6) is 0. The normalized spacial score (nSPS) is 19.1. The van der Waals surface area contributed by atoms with E-state index in [0.29, 0.717) is 13.1 Å². The monoisotopic (exact) mass is 227 g/mol. The van der Waals surface area contributed by atoms with Gasteiger partial charge in [-0.05, 0) is 39.7 Å². The Kier molecular flexibility index (Phi) is 3.97. The van der Waals surface area contributed by atoms with Crippen LogP contribution in [0.3, 0.4) is 0 Å². The number of aliphatic hydroxyl groups is 1. The Hall–Kier alpha value is -1.03. The van der Waals surface area contributed by atoms with E-state index in [1.807, 2.05) is 26.8 Å². The lowest BCUT2D eigenvalue weighted by atomic mass is 10.0. The molecule has 0 saturated heterocycles. The molecule has 0 aromatic rings. The van der Waals surface area contributed by atoms with E-state index in [1.54, 1.807) is 11.8 Å². The van der Waals surface area contributed by atoms with Crippen molar-refractivity contribution in [3.63, 3.8) is 0 Å². The maximum atomic E-state index is 11.7. The second-order valence-corrected chi connectivity index (χ2v) is 5.13. The van der Waals surface area contributed by atoms with E-state index in [1.165, 1.54) is 0 Å². The van der Waals surface area contributed by atoms with Gasteiger partial charge in [0.15, 0.2) is 0 Å². The summed E-state index contributed by atoms with van der Waals surface area (Å²) in [4.78, 5) is 13.4. The zero-order valence-electron chi connectivity index (χ0n) is 10.5. The third-order valence-electron chi connectivity index (χ3n) is 2.43. The van der Waals surface area contributed by atoms with Crippen molar-refractivity contribution in [2.45, 2.75) is 45.8 Å². The average molecular weight is 227 g/mol. The fourth-order valence-corrected chi connectivity index (χ4v) is 1.56. The van der Waals surface area contributed by atoms with Gasteiger partial charge in [-0.2, -0.15) is 0 Å². The molecule has 1 heterocycles. The molecular weight excluding hydrogens is 206 g/mol. The summed E-state index contributed by atoms with van der Waals surface area (Å²) in [6.45, 7) is 8.44. The predicted octanol–water partition coefficient (Wildman–Crippen LogP) is 1.93. The number of aliphatic hydroxyl groups excluding tert-OH is 1. The van der Waals surface area contributed by atoms with Crippen LogP contribution in [0, 0.1) is 0 Å². The fourth-order valence-electron chi connectivity index (χ4n) is 1.56. The quantitative estimate of drug-likeness (QED) is 0.696. The molecule has 0 spiro atoms. The molecule has 0 aromatic heterocycles. The zero-order chi connectivity index (χ0) is 12.3. The van der Waals surface area contributed by atoms with Crippen molar-refractivity contribution in [2.24, 2.45) is 0 Å². The van der Waals surface area contributed by atoms with Crippen molar-refractivity contribution in [3.05, 3.63) is 11.6 Å². The van der Waals surface area contributed by atoms with Crippen molar-refractivity contribution in [2.75, 3.05) is 13.1 Å². The van der Waals surface area contributed by atoms with Crippen LogP contribution in [0.5, 0.6) is 0 Å².